The van der Waals surface area contributed by atoms with E-state index in [0.717, 1.165) is 22.1 Å². The summed E-state index contributed by atoms with van der Waals surface area (Å²) < 4.78 is 12.4. The average Bonchev–Trinajstić information content (AvgIpc) is 2.91. The molecule has 1 aromatic heterocycles. The van der Waals surface area contributed by atoms with Crippen LogP contribution in [-0.4, -0.2) is 19.1 Å². The Kier molecular flexibility index (Phi) is 4.51. The van der Waals surface area contributed by atoms with Gasteiger partial charge in [0.1, 0.15) is 0 Å². The molecule has 4 rings (SSSR count). The molecule has 128 valence electrons. The quantitative estimate of drug-likeness (QED) is 0.727. The maximum absolute atomic E-state index is 12.4. The summed E-state index contributed by atoms with van der Waals surface area (Å²) in [5.74, 6) is 1.12. The van der Waals surface area contributed by atoms with Crippen molar-refractivity contribution in [2.24, 2.45) is 0 Å². The molecule has 0 spiro atoms. The summed E-state index contributed by atoms with van der Waals surface area (Å²) in [6, 6.07) is 13.6. The summed E-state index contributed by atoms with van der Waals surface area (Å²) in [5.41, 5.74) is 0.878. The van der Waals surface area contributed by atoms with Gasteiger partial charge in [-0.25, -0.2) is 0 Å². The molecule has 2 aromatic carbocycles. The van der Waals surface area contributed by atoms with E-state index in [-0.39, 0.29) is 5.91 Å². The standard InChI is InChI=1S/C19H16ClNO3S/c20-14-8-12(9-15-18(14)24-7-3-6-23-15)11-21-19(22)17-10-13-4-1-2-5-16(13)25-17/h1-2,4-5,8-10H,3,6-7,11H2,(H,21,22). The highest BCUT2D eigenvalue weighted by Gasteiger charge is 2.16. The monoisotopic (exact) mass is 373 g/mol. The van der Waals surface area contributed by atoms with Crippen molar-refractivity contribution < 1.29 is 14.3 Å². The van der Waals surface area contributed by atoms with Gasteiger partial charge >= 0.3 is 0 Å². The van der Waals surface area contributed by atoms with Crippen molar-refractivity contribution in [3.8, 4) is 11.5 Å². The molecule has 0 aliphatic carbocycles. The van der Waals surface area contributed by atoms with Crippen molar-refractivity contribution in [2.45, 2.75) is 13.0 Å². The first-order valence-corrected chi connectivity index (χ1v) is 9.25. The van der Waals surface area contributed by atoms with Crippen molar-refractivity contribution in [2.75, 3.05) is 13.2 Å². The number of fused-ring (bicyclic) bond motifs is 2. The average molecular weight is 374 g/mol. The van der Waals surface area contributed by atoms with Gasteiger partial charge < -0.3 is 14.8 Å². The molecule has 1 amide bonds. The van der Waals surface area contributed by atoms with Crippen LogP contribution < -0.4 is 14.8 Å². The Labute approximate surface area is 154 Å². The summed E-state index contributed by atoms with van der Waals surface area (Å²) in [4.78, 5) is 13.1. The van der Waals surface area contributed by atoms with Crippen LogP contribution in [0.4, 0.5) is 0 Å². The van der Waals surface area contributed by atoms with E-state index in [1.807, 2.05) is 36.4 Å². The molecular formula is C19H16ClNO3S. The molecule has 0 atom stereocenters. The number of ether oxygens (including phenoxy) is 2. The Bertz CT molecular complexity index is 905. The predicted molar refractivity (Wildman–Crippen MR) is 100 cm³/mol. The third kappa shape index (κ3) is 3.43. The van der Waals surface area contributed by atoms with E-state index in [1.165, 1.54) is 11.3 Å². The van der Waals surface area contributed by atoms with Crippen LogP contribution in [0.1, 0.15) is 21.7 Å². The van der Waals surface area contributed by atoms with Gasteiger partial charge in [-0.1, -0.05) is 29.8 Å². The number of hydrogen-bond donors (Lipinski definition) is 1. The van der Waals surface area contributed by atoms with Crippen LogP contribution in [-0.2, 0) is 6.54 Å². The number of carbonyl (C=O) groups is 1. The Hall–Kier alpha value is -2.24. The van der Waals surface area contributed by atoms with Crippen molar-refractivity contribution in [1.82, 2.24) is 5.32 Å². The molecule has 0 bridgehead atoms. The molecule has 0 saturated carbocycles. The van der Waals surface area contributed by atoms with Crippen LogP contribution in [0.15, 0.2) is 42.5 Å². The molecule has 0 unspecified atom stereocenters. The normalized spacial score (nSPS) is 13.5. The predicted octanol–water partition coefficient (Wildman–Crippen LogP) is 4.65. The Morgan fingerprint density at radius 2 is 2.00 bits per heavy atom. The van der Waals surface area contributed by atoms with Crippen LogP contribution in [0.3, 0.4) is 0 Å². The van der Waals surface area contributed by atoms with E-state index >= 15 is 0 Å². The van der Waals surface area contributed by atoms with E-state index in [0.29, 0.717) is 41.2 Å². The molecule has 2 heterocycles. The molecule has 1 N–H and O–H groups in total. The molecule has 0 fully saturated rings. The number of thiophene rings is 1. The van der Waals surface area contributed by atoms with Crippen molar-refractivity contribution in [3.05, 3.63) is 57.9 Å². The Balaban J connectivity index is 1.50. The van der Waals surface area contributed by atoms with Crippen LogP contribution in [0, 0.1) is 0 Å². The van der Waals surface area contributed by atoms with Gasteiger partial charge in [-0.3, -0.25) is 4.79 Å². The first kappa shape index (κ1) is 16.2. The number of nitrogens with one attached hydrogen (secondary N) is 1. The van der Waals surface area contributed by atoms with E-state index in [1.54, 1.807) is 6.07 Å². The lowest BCUT2D eigenvalue weighted by molar-refractivity contribution is 0.0955. The van der Waals surface area contributed by atoms with Gasteiger partial charge in [-0.15, -0.1) is 11.3 Å². The smallest absolute Gasteiger partial charge is 0.261 e. The number of rotatable bonds is 3. The molecule has 4 nitrogen and oxygen atoms in total. The minimum Gasteiger partial charge on any atom is -0.489 e. The van der Waals surface area contributed by atoms with Crippen molar-refractivity contribution in [1.29, 1.82) is 0 Å². The van der Waals surface area contributed by atoms with Gasteiger partial charge in [0.05, 0.1) is 23.1 Å². The number of amides is 1. The minimum absolute atomic E-state index is 0.0931. The summed E-state index contributed by atoms with van der Waals surface area (Å²) in [7, 11) is 0. The molecule has 0 saturated heterocycles. The van der Waals surface area contributed by atoms with Gasteiger partial charge in [0.15, 0.2) is 11.5 Å². The molecular weight excluding hydrogens is 358 g/mol. The molecule has 6 heteroatoms. The van der Waals surface area contributed by atoms with Gasteiger partial charge in [0.2, 0.25) is 0 Å². The van der Waals surface area contributed by atoms with Crippen LogP contribution in [0.25, 0.3) is 10.1 Å². The van der Waals surface area contributed by atoms with Crippen molar-refractivity contribution in [3.63, 3.8) is 0 Å². The third-order valence-electron chi connectivity index (χ3n) is 3.96. The maximum Gasteiger partial charge on any atom is 0.261 e. The van der Waals surface area contributed by atoms with Gasteiger partial charge in [-0.05, 0) is 35.2 Å². The Morgan fingerprint density at radius 1 is 1.16 bits per heavy atom. The highest BCUT2D eigenvalue weighted by Crippen LogP contribution is 2.38. The molecule has 1 aliphatic rings. The minimum atomic E-state index is -0.0931. The zero-order valence-electron chi connectivity index (χ0n) is 13.4. The Morgan fingerprint density at radius 3 is 2.88 bits per heavy atom. The number of benzene rings is 2. The first-order chi connectivity index (χ1) is 12.2. The molecule has 1 aliphatic heterocycles. The highest BCUT2D eigenvalue weighted by atomic mass is 35.5. The number of halogens is 1. The fraction of sp³-hybridized carbons (Fsp3) is 0.211. The van der Waals surface area contributed by atoms with E-state index < -0.39 is 0 Å². The zero-order valence-corrected chi connectivity index (χ0v) is 15.0. The summed E-state index contributed by atoms with van der Waals surface area (Å²) in [6.45, 7) is 1.57. The van der Waals surface area contributed by atoms with E-state index in [2.05, 4.69) is 5.32 Å². The second kappa shape index (κ2) is 6.94. The fourth-order valence-corrected chi connectivity index (χ4v) is 4.02. The highest BCUT2D eigenvalue weighted by molar-refractivity contribution is 7.20. The largest absolute Gasteiger partial charge is 0.489 e. The number of carbonyl (C=O) groups excluding carboxylic acids is 1. The van der Waals surface area contributed by atoms with Gasteiger partial charge in [0, 0.05) is 17.7 Å². The van der Waals surface area contributed by atoms with Crippen LogP contribution in [0.5, 0.6) is 11.5 Å². The fourth-order valence-electron chi connectivity index (χ4n) is 2.75. The number of hydrogen-bond acceptors (Lipinski definition) is 4. The summed E-state index contributed by atoms with van der Waals surface area (Å²) in [5, 5.41) is 4.53. The molecule has 0 radical (unpaired) electrons. The van der Waals surface area contributed by atoms with E-state index in [4.69, 9.17) is 21.1 Å². The van der Waals surface area contributed by atoms with Gasteiger partial charge in [-0.2, -0.15) is 0 Å². The molecule has 25 heavy (non-hydrogen) atoms. The second-order valence-electron chi connectivity index (χ2n) is 5.79. The second-order valence-corrected chi connectivity index (χ2v) is 7.28. The third-order valence-corrected chi connectivity index (χ3v) is 5.36. The van der Waals surface area contributed by atoms with Crippen LogP contribution >= 0.6 is 22.9 Å². The molecule has 3 aromatic rings. The van der Waals surface area contributed by atoms with Gasteiger partial charge in [0.25, 0.3) is 5.91 Å². The SMILES string of the molecule is O=C(NCc1cc(Cl)c2c(c1)OCCCO2)c1cc2ccccc2s1. The van der Waals surface area contributed by atoms with E-state index in [9.17, 15) is 4.79 Å². The lowest BCUT2D eigenvalue weighted by Crippen LogP contribution is -2.21. The summed E-state index contributed by atoms with van der Waals surface area (Å²) >= 11 is 7.78. The van der Waals surface area contributed by atoms with Crippen LogP contribution in [0.2, 0.25) is 5.02 Å². The maximum atomic E-state index is 12.4. The summed E-state index contributed by atoms with van der Waals surface area (Å²) in [6.07, 6.45) is 0.822. The topological polar surface area (TPSA) is 47.6 Å². The first-order valence-electron chi connectivity index (χ1n) is 8.05. The van der Waals surface area contributed by atoms with Crippen molar-refractivity contribution >= 4 is 38.9 Å². The lowest BCUT2D eigenvalue weighted by atomic mass is 10.2. The lowest BCUT2D eigenvalue weighted by Gasteiger charge is -2.12. The zero-order chi connectivity index (χ0) is 17.2.